The van der Waals surface area contributed by atoms with Crippen molar-refractivity contribution in [3.05, 3.63) is 65.0 Å². The van der Waals surface area contributed by atoms with Gasteiger partial charge in [0.1, 0.15) is 22.7 Å². The van der Waals surface area contributed by atoms with Gasteiger partial charge in [-0.25, -0.2) is 17.2 Å². The van der Waals surface area contributed by atoms with Gasteiger partial charge in [0.15, 0.2) is 9.84 Å². The molecule has 2 fully saturated rings. The number of carbonyl (C=O) groups excluding carboxylic acids is 2. The Balaban J connectivity index is 1.59. The average Bonchev–Trinajstić information content (AvgIpc) is 3.52. The molecule has 3 aliphatic rings. The molecule has 2 aromatic rings. The molecule has 8 nitrogen and oxygen atoms in total. The van der Waals surface area contributed by atoms with Crippen molar-refractivity contribution in [2.75, 3.05) is 6.54 Å². The number of carbonyl (C=O) groups is 2. The second-order valence-electron chi connectivity index (χ2n) is 11.9. The van der Waals surface area contributed by atoms with Gasteiger partial charge in [-0.2, -0.15) is 31.6 Å². The first-order valence-corrected chi connectivity index (χ1v) is 15.9. The van der Waals surface area contributed by atoms with Crippen LogP contribution in [0.3, 0.4) is 0 Å². The molecule has 1 aliphatic heterocycles. The second-order valence-corrected chi connectivity index (χ2v) is 14.1. The van der Waals surface area contributed by atoms with Crippen molar-refractivity contribution in [2.45, 2.75) is 84.4 Å². The molecule has 2 amide bonds. The van der Waals surface area contributed by atoms with E-state index in [0.29, 0.717) is 6.07 Å². The smallest absolute Gasteiger partial charge is 0.383 e. The van der Waals surface area contributed by atoms with Crippen LogP contribution in [-0.4, -0.2) is 67.3 Å². The summed E-state index contributed by atoms with van der Waals surface area (Å²) in [4.78, 5) is 26.5. The summed E-state index contributed by atoms with van der Waals surface area (Å²) in [6.07, 6.45) is -15.5. The molecule has 5 atom stereocenters. The molecule has 0 aromatic heterocycles. The van der Waals surface area contributed by atoms with Crippen molar-refractivity contribution in [1.82, 2.24) is 10.2 Å². The maximum Gasteiger partial charge on any atom is 0.435 e. The number of aliphatic hydroxyl groups is 1. The van der Waals surface area contributed by atoms with Crippen molar-refractivity contribution in [3.8, 4) is 6.07 Å². The Labute approximate surface area is 263 Å². The van der Waals surface area contributed by atoms with E-state index in [0.717, 1.165) is 35.2 Å². The van der Waals surface area contributed by atoms with Gasteiger partial charge in [0.25, 0.3) is 5.91 Å². The normalized spacial score (nSPS) is 26.5. The Morgan fingerprint density at radius 3 is 2.28 bits per heavy atom. The summed E-state index contributed by atoms with van der Waals surface area (Å²) in [7, 11) is -4.62. The van der Waals surface area contributed by atoms with E-state index in [1.807, 2.05) is 6.07 Å². The summed E-state index contributed by atoms with van der Waals surface area (Å²) in [5, 5.41) is 21.7. The Morgan fingerprint density at radius 2 is 1.68 bits per heavy atom. The van der Waals surface area contributed by atoms with Crippen LogP contribution in [0.1, 0.15) is 48.8 Å². The molecule has 2 aliphatic carbocycles. The highest BCUT2D eigenvalue weighted by Crippen LogP contribution is 2.59. The summed E-state index contributed by atoms with van der Waals surface area (Å²) in [6, 6.07) is 4.71. The first-order chi connectivity index (χ1) is 21.8. The molecule has 1 saturated carbocycles. The van der Waals surface area contributed by atoms with Crippen molar-refractivity contribution >= 4 is 21.7 Å². The largest absolute Gasteiger partial charge is 0.435 e. The van der Waals surface area contributed by atoms with Crippen molar-refractivity contribution in [3.63, 3.8) is 0 Å². The number of alkyl halides is 7. The lowest BCUT2D eigenvalue weighted by Crippen LogP contribution is -2.53. The Bertz CT molecular complexity index is 1710. The van der Waals surface area contributed by atoms with Crippen LogP contribution in [0.5, 0.6) is 0 Å². The highest BCUT2D eigenvalue weighted by Gasteiger charge is 2.74. The van der Waals surface area contributed by atoms with E-state index < -0.39 is 84.8 Å². The first-order valence-electron chi connectivity index (χ1n) is 14.4. The minimum absolute atomic E-state index is 0.0441. The molecule has 1 saturated heterocycles. The van der Waals surface area contributed by atoms with Crippen molar-refractivity contribution in [1.29, 1.82) is 5.26 Å². The Kier molecular flexibility index (Phi) is 8.62. The van der Waals surface area contributed by atoms with E-state index in [1.165, 1.54) is 0 Å². The summed E-state index contributed by atoms with van der Waals surface area (Å²) in [5.41, 5.74) is -7.96. The van der Waals surface area contributed by atoms with Gasteiger partial charge in [-0.1, -0.05) is 18.2 Å². The first kappa shape index (κ1) is 34.6. The topological polar surface area (TPSA) is 128 Å². The Hall–Kier alpha value is -3.78. The Morgan fingerprint density at radius 1 is 1.04 bits per heavy atom. The van der Waals surface area contributed by atoms with Crippen LogP contribution in [0, 0.1) is 23.1 Å². The number of fused-ring (bicyclic) bond motifs is 3. The molecule has 17 heteroatoms. The molecule has 2 aromatic carbocycles. The van der Waals surface area contributed by atoms with Crippen molar-refractivity contribution < 1.29 is 58.2 Å². The number of sulfone groups is 1. The molecule has 5 rings (SSSR count). The zero-order valence-electron chi connectivity index (χ0n) is 24.2. The number of rotatable bonds is 7. The lowest BCUT2D eigenvalue weighted by Gasteiger charge is -2.43. The summed E-state index contributed by atoms with van der Waals surface area (Å²) < 4.78 is 137. The van der Waals surface area contributed by atoms with Gasteiger partial charge in [-0.15, -0.1) is 0 Å². The number of halogens is 8. The number of aliphatic hydroxyl groups excluding tert-OH is 1. The number of aryl methyl sites for hydroxylation is 1. The van der Waals surface area contributed by atoms with Gasteiger partial charge in [0.05, 0.1) is 17.4 Å². The molecule has 0 radical (unpaired) electrons. The van der Waals surface area contributed by atoms with E-state index in [-0.39, 0.29) is 62.3 Å². The number of hydrogen-bond donors (Lipinski definition) is 2. The number of nitrogens with zero attached hydrogens (tertiary/aromatic N) is 2. The molecule has 0 spiro atoms. The molecule has 0 bridgehead atoms. The second kappa shape index (κ2) is 11.7. The fourth-order valence-corrected chi connectivity index (χ4v) is 9.77. The molecular formula is C30H27F8N3O5S. The van der Waals surface area contributed by atoms with Gasteiger partial charge in [0, 0.05) is 30.5 Å². The lowest BCUT2D eigenvalue weighted by atomic mass is 9.74. The number of nitriles is 1. The summed E-state index contributed by atoms with van der Waals surface area (Å²) >= 11 is 0. The lowest BCUT2D eigenvalue weighted by molar-refractivity contribution is -0.348. The van der Waals surface area contributed by atoms with Crippen LogP contribution < -0.4 is 5.32 Å². The maximum atomic E-state index is 15.0. The third-order valence-corrected chi connectivity index (χ3v) is 12.0. The number of benzene rings is 2. The van der Waals surface area contributed by atoms with E-state index in [9.17, 15) is 53.8 Å². The monoisotopic (exact) mass is 693 g/mol. The van der Waals surface area contributed by atoms with E-state index in [1.54, 1.807) is 0 Å². The zero-order valence-corrected chi connectivity index (χ0v) is 25.0. The van der Waals surface area contributed by atoms with Gasteiger partial charge in [-0.3, -0.25) is 9.59 Å². The fraction of sp³-hybridized carbons (Fsp3) is 0.500. The number of amides is 2. The molecule has 0 unspecified atom stereocenters. The SMILES string of the molecule is N#CCCN1C(=O)[C@@H](O)C[C@@H]1C(=O)N[C@@H]1CC[C@@]2(S(=O)(=O)c3ccc(F)cc3)c3ccc(C(F)(C(F)(F)F)C(F)(F)F)cc3CC[C@@H]12. The quantitative estimate of drug-likeness (QED) is 0.325. The van der Waals surface area contributed by atoms with Crippen LogP contribution in [0.2, 0.25) is 0 Å². The molecule has 47 heavy (non-hydrogen) atoms. The van der Waals surface area contributed by atoms with E-state index >= 15 is 4.39 Å². The third kappa shape index (κ3) is 5.33. The fourth-order valence-electron chi connectivity index (χ4n) is 7.30. The summed E-state index contributed by atoms with van der Waals surface area (Å²) in [5.74, 6) is -3.33. The third-order valence-electron chi connectivity index (χ3n) is 9.47. The summed E-state index contributed by atoms with van der Waals surface area (Å²) in [6.45, 7) is -0.164. The highest BCUT2D eigenvalue weighted by molar-refractivity contribution is 7.92. The predicted molar refractivity (Wildman–Crippen MR) is 146 cm³/mol. The van der Waals surface area contributed by atoms with Gasteiger partial charge >= 0.3 is 18.0 Å². The molecule has 254 valence electrons. The number of hydrogen-bond acceptors (Lipinski definition) is 6. The number of likely N-dealkylation sites (tertiary alicyclic amines) is 1. The highest BCUT2D eigenvalue weighted by atomic mass is 32.2. The minimum Gasteiger partial charge on any atom is -0.383 e. The van der Waals surface area contributed by atoms with Crippen LogP contribution in [-0.2, 0) is 36.3 Å². The van der Waals surface area contributed by atoms with E-state index in [4.69, 9.17) is 5.26 Å². The van der Waals surface area contributed by atoms with Crippen LogP contribution in [0.4, 0.5) is 35.1 Å². The molecular weight excluding hydrogens is 666 g/mol. The standard InChI is InChI=1S/C30H27F8N3O5S/c31-18-4-6-19(7-5-18)47(45,46)27-11-10-22(40-25(43)23-15-24(42)26(44)41(23)13-1-12-39)21(27)8-2-16-14-17(3-9-20(16)27)28(32,29(33,34)35)30(36,37)38/h3-7,9,14,21-24,42H,1-2,8,10-11,13,15H2,(H,40,43)/t21-,22+,23+,24-,27+/m0/s1. The minimum atomic E-state index is -6.40. The zero-order chi connectivity index (χ0) is 34.7. The van der Waals surface area contributed by atoms with Crippen molar-refractivity contribution in [2.24, 2.45) is 5.92 Å². The van der Waals surface area contributed by atoms with Crippen LogP contribution >= 0.6 is 0 Å². The van der Waals surface area contributed by atoms with Gasteiger partial charge < -0.3 is 15.3 Å². The molecule has 1 heterocycles. The van der Waals surface area contributed by atoms with E-state index in [2.05, 4.69) is 5.32 Å². The van der Waals surface area contributed by atoms with Gasteiger partial charge in [-0.05, 0) is 61.1 Å². The van der Waals surface area contributed by atoms with Gasteiger partial charge in [0.2, 0.25) is 5.91 Å². The molecule has 2 N–H and O–H groups in total. The predicted octanol–water partition coefficient (Wildman–Crippen LogP) is 4.50. The average molecular weight is 694 g/mol. The maximum absolute atomic E-state index is 15.0. The number of nitrogens with one attached hydrogen (secondary N) is 1. The van der Waals surface area contributed by atoms with Crippen LogP contribution in [0.15, 0.2) is 47.4 Å². The van der Waals surface area contributed by atoms with Crippen LogP contribution in [0.25, 0.3) is 0 Å².